The average molecular weight is 320 g/mol. The van der Waals surface area contributed by atoms with Crippen LogP contribution in [0, 0.1) is 19.8 Å². The van der Waals surface area contributed by atoms with Crippen molar-refractivity contribution in [3.05, 3.63) is 29.3 Å². The van der Waals surface area contributed by atoms with E-state index in [-0.39, 0.29) is 18.4 Å². The Morgan fingerprint density at radius 2 is 1.87 bits per heavy atom. The van der Waals surface area contributed by atoms with Gasteiger partial charge in [0, 0.05) is 13.1 Å². The van der Waals surface area contributed by atoms with Gasteiger partial charge in [-0.2, -0.15) is 0 Å². The zero-order valence-corrected chi connectivity index (χ0v) is 13.7. The molecule has 1 saturated heterocycles. The van der Waals surface area contributed by atoms with Crippen LogP contribution < -0.4 is 10.1 Å². The fraction of sp³-hybridized carbons (Fsp3) is 0.529. The molecule has 1 aromatic rings. The fourth-order valence-corrected chi connectivity index (χ4v) is 2.75. The van der Waals surface area contributed by atoms with Crippen molar-refractivity contribution in [3.8, 4) is 5.75 Å². The molecule has 2 N–H and O–H groups in total. The maximum absolute atomic E-state index is 11.9. The Morgan fingerprint density at radius 3 is 2.43 bits per heavy atom. The first kappa shape index (κ1) is 17.3. The smallest absolute Gasteiger partial charge is 0.306 e. The molecule has 1 heterocycles. The van der Waals surface area contributed by atoms with Gasteiger partial charge in [-0.15, -0.1) is 0 Å². The molecule has 1 aliphatic rings. The Balaban J connectivity index is 1.71. The van der Waals surface area contributed by atoms with Gasteiger partial charge in [0.05, 0.1) is 12.6 Å². The summed E-state index contributed by atoms with van der Waals surface area (Å²) in [4.78, 5) is 24.8. The number of benzene rings is 1. The highest BCUT2D eigenvalue weighted by Crippen LogP contribution is 2.22. The number of ether oxygens (including phenoxy) is 1. The van der Waals surface area contributed by atoms with Crippen LogP contribution >= 0.6 is 0 Å². The molecule has 0 aromatic heterocycles. The molecule has 6 heteroatoms. The minimum absolute atomic E-state index is 0.0166. The summed E-state index contributed by atoms with van der Waals surface area (Å²) in [5, 5.41) is 11.8. The molecule has 1 aromatic carbocycles. The average Bonchev–Trinajstić information content (AvgIpc) is 2.53. The van der Waals surface area contributed by atoms with Crippen molar-refractivity contribution in [2.24, 2.45) is 5.92 Å². The van der Waals surface area contributed by atoms with Gasteiger partial charge in [-0.25, -0.2) is 0 Å². The number of rotatable bonds is 6. The molecule has 23 heavy (non-hydrogen) atoms. The Labute approximate surface area is 136 Å². The third kappa shape index (κ3) is 4.96. The first-order chi connectivity index (χ1) is 11.0. The predicted octanol–water partition coefficient (Wildman–Crippen LogP) is 1.55. The van der Waals surface area contributed by atoms with Crippen molar-refractivity contribution in [2.75, 3.05) is 26.4 Å². The highest BCUT2D eigenvalue weighted by molar-refractivity contribution is 5.77. The summed E-state index contributed by atoms with van der Waals surface area (Å²) in [6.07, 6.45) is 1.26. The monoisotopic (exact) mass is 320 g/mol. The Kier molecular flexibility index (Phi) is 5.98. The van der Waals surface area contributed by atoms with E-state index < -0.39 is 5.97 Å². The minimum atomic E-state index is -0.726. The highest BCUT2D eigenvalue weighted by atomic mass is 16.5. The standard InChI is InChI=1S/C17H24N2O4/c1-12-4-3-5-13(2)16(12)23-10-15(20)18-11-19-8-6-14(7-9-19)17(21)22/h3-5,14H,6-11H2,1-2H3,(H,18,20)(H,21,22). The maximum Gasteiger partial charge on any atom is 0.306 e. The second-order valence-corrected chi connectivity index (χ2v) is 6.00. The Hall–Kier alpha value is -2.08. The van der Waals surface area contributed by atoms with Gasteiger partial charge in [-0.3, -0.25) is 14.5 Å². The topological polar surface area (TPSA) is 78.9 Å². The second kappa shape index (κ2) is 7.97. The number of hydrogen-bond acceptors (Lipinski definition) is 4. The summed E-state index contributed by atoms with van der Waals surface area (Å²) in [7, 11) is 0. The Bertz CT molecular complexity index is 545. The number of nitrogens with one attached hydrogen (secondary N) is 1. The molecular weight excluding hydrogens is 296 g/mol. The summed E-state index contributed by atoms with van der Waals surface area (Å²) in [6.45, 7) is 5.70. The molecule has 1 aliphatic heterocycles. The highest BCUT2D eigenvalue weighted by Gasteiger charge is 2.24. The number of carboxylic acids is 1. The summed E-state index contributed by atoms with van der Waals surface area (Å²) in [5.41, 5.74) is 2.02. The lowest BCUT2D eigenvalue weighted by molar-refractivity contribution is -0.143. The van der Waals surface area contributed by atoms with Crippen LogP contribution in [0.3, 0.4) is 0 Å². The van der Waals surface area contributed by atoms with Crippen molar-refractivity contribution in [1.29, 1.82) is 0 Å². The molecule has 0 unspecified atom stereocenters. The van der Waals surface area contributed by atoms with Crippen molar-refractivity contribution >= 4 is 11.9 Å². The van der Waals surface area contributed by atoms with Gasteiger partial charge in [0.1, 0.15) is 5.75 Å². The summed E-state index contributed by atoms with van der Waals surface area (Å²) in [6, 6.07) is 5.86. The zero-order chi connectivity index (χ0) is 16.8. The van der Waals surface area contributed by atoms with E-state index in [1.54, 1.807) is 0 Å². The van der Waals surface area contributed by atoms with Crippen molar-refractivity contribution in [1.82, 2.24) is 10.2 Å². The summed E-state index contributed by atoms with van der Waals surface area (Å²) in [5.74, 6) is -0.400. The normalized spacial score (nSPS) is 16.1. The second-order valence-electron chi connectivity index (χ2n) is 6.00. The van der Waals surface area contributed by atoms with Crippen LogP contribution in [-0.2, 0) is 9.59 Å². The third-order valence-corrected chi connectivity index (χ3v) is 4.19. The molecule has 0 radical (unpaired) electrons. The number of carbonyl (C=O) groups excluding carboxylic acids is 1. The Morgan fingerprint density at radius 1 is 1.26 bits per heavy atom. The summed E-state index contributed by atoms with van der Waals surface area (Å²) >= 11 is 0. The van der Waals surface area contributed by atoms with Crippen LogP contribution in [-0.4, -0.2) is 48.2 Å². The van der Waals surface area contributed by atoms with Gasteiger partial charge in [0.15, 0.2) is 6.61 Å². The minimum Gasteiger partial charge on any atom is -0.483 e. The number of hydrogen-bond donors (Lipinski definition) is 2. The molecule has 126 valence electrons. The van der Waals surface area contributed by atoms with Gasteiger partial charge in [0.25, 0.3) is 5.91 Å². The molecule has 0 aliphatic carbocycles. The molecular formula is C17H24N2O4. The number of aliphatic carboxylic acids is 1. The van der Waals surface area contributed by atoms with Gasteiger partial charge in [-0.1, -0.05) is 18.2 Å². The number of piperidine rings is 1. The summed E-state index contributed by atoms with van der Waals surface area (Å²) < 4.78 is 5.61. The van der Waals surface area contributed by atoms with E-state index in [1.165, 1.54) is 0 Å². The lowest BCUT2D eigenvalue weighted by atomic mass is 9.97. The van der Waals surface area contributed by atoms with E-state index in [4.69, 9.17) is 9.84 Å². The number of amides is 1. The quantitative estimate of drug-likeness (QED) is 0.831. The van der Waals surface area contributed by atoms with Crippen LogP contribution in [0.15, 0.2) is 18.2 Å². The largest absolute Gasteiger partial charge is 0.483 e. The molecule has 1 fully saturated rings. The number of aryl methyl sites for hydroxylation is 2. The van der Waals surface area contributed by atoms with Crippen LogP contribution in [0.5, 0.6) is 5.75 Å². The van der Waals surface area contributed by atoms with Crippen molar-refractivity contribution in [2.45, 2.75) is 26.7 Å². The van der Waals surface area contributed by atoms with E-state index >= 15 is 0 Å². The van der Waals surface area contributed by atoms with Crippen molar-refractivity contribution in [3.63, 3.8) is 0 Å². The SMILES string of the molecule is Cc1cccc(C)c1OCC(=O)NCN1CCC(C(=O)O)CC1. The van der Waals surface area contributed by atoms with E-state index in [1.807, 2.05) is 32.0 Å². The fourth-order valence-electron chi connectivity index (χ4n) is 2.75. The molecule has 0 saturated carbocycles. The number of carbonyl (C=O) groups is 2. The van der Waals surface area contributed by atoms with Gasteiger partial charge in [-0.05, 0) is 37.8 Å². The maximum atomic E-state index is 11.9. The lowest BCUT2D eigenvalue weighted by Crippen LogP contribution is -2.44. The van der Waals surface area contributed by atoms with E-state index in [2.05, 4.69) is 10.2 Å². The zero-order valence-electron chi connectivity index (χ0n) is 13.7. The van der Waals surface area contributed by atoms with Crippen LogP contribution in [0.25, 0.3) is 0 Å². The first-order valence-electron chi connectivity index (χ1n) is 7.88. The van der Waals surface area contributed by atoms with E-state index in [0.717, 1.165) is 16.9 Å². The van der Waals surface area contributed by atoms with E-state index in [0.29, 0.717) is 32.6 Å². The number of nitrogens with zero attached hydrogens (tertiary/aromatic N) is 1. The molecule has 0 spiro atoms. The van der Waals surface area contributed by atoms with Crippen LogP contribution in [0.4, 0.5) is 0 Å². The molecule has 0 atom stereocenters. The molecule has 0 bridgehead atoms. The molecule has 2 rings (SSSR count). The number of carboxylic acid groups (broad SMARTS) is 1. The molecule has 6 nitrogen and oxygen atoms in total. The van der Waals surface area contributed by atoms with Gasteiger partial charge >= 0.3 is 5.97 Å². The number of likely N-dealkylation sites (tertiary alicyclic amines) is 1. The molecule has 1 amide bonds. The first-order valence-corrected chi connectivity index (χ1v) is 7.88. The van der Waals surface area contributed by atoms with Crippen LogP contribution in [0.1, 0.15) is 24.0 Å². The predicted molar refractivity (Wildman–Crippen MR) is 86.4 cm³/mol. The van der Waals surface area contributed by atoms with E-state index in [9.17, 15) is 9.59 Å². The van der Waals surface area contributed by atoms with Gasteiger partial charge < -0.3 is 15.2 Å². The van der Waals surface area contributed by atoms with Crippen molar-refractivity contribution < 1.29 is 19.4 Å². The van der Waals surface area contributed by atoms with Gasteiger partial charge in [0.2, 0.25) is 0 Å². The van der Waals surface area contributed by atoms with Crippen LogP contribution in [0.2, 0.25) is 0 Å². The number of para-hydroxylation sites is 1. The third-order valence-electron chi connectivity index (χ3n) is 4.19. The lowest BCUT2D eigenvalue weighted by Gasteiger charge is -2.29.